The molecule has 0 aliphatic carbocycles. The number of carbonyl (C=O) groups is 1. The molecule has 8 heteroatoms. The van der Waals surface area contributed by atoms with Gasteiger partial charge in [-0.25, -0.2) is 0 Å². The Morgan fingerprint density at radius 3 is 2.50 bits per heavy atom. The summed E-state index contributed by atoms with van der Waals surface area (Å²) < 4.78 is 7.64. The van der Waals surface area contributed by atoms with Crippen LogP contribution in [-0.2, 0) is 4.79 Å². The Morgan fingerprint density at radius 2 is 1.81 bits per heavy atom. The van der Waals surface area contributed by atoms with Gasteiger partial charge in [0.1, 0.15) is 22.6 Å². The molecule has 0 fully saturated rings. The highest BCUT2D eigenvalue weighted by Crippen LogP contribution is 2.40. The average Bonchev–Trinajstić information content (AvgIpc) is 3.34. The van der Waals surface area contributed by atoms with Crippen molar-refractivity contribution in [1.82, 2.24) is 14.8 Å². The lowest BCUT2D eigenvalue weighted by Gasteiger charge is -2.16. The molecule has 1 aliphatic heterocycles. The quantitative estimate of drug-likeness (QED) is 0.354. The van der Waals surface area contributed by atoms with Crippen LogP contribution in [0.4, 0.5) is 0 Å². The summed E-state index contributed by atoms with van der Waals surface area (Å²) in [5.74, 6) is 0.432. The third kappa shape index (κ3) is 4.01. The molecule has 1 aliphatic rings. The number of carboxylic acid groups (broad SMARTS) is 1. The minimum atomic E-state index is -0.919. The second-order valence-electron chi connectivity index (χ2n) is 8.99. The van der Waals surface area contributed by atoms with Crippen LogP contribution in [0.1, 0.15) is 53.1 Å². The minimum Gasteiger partial charge on any atom is -0.494 e. The van der Waals surface area contributed by atoms with Crippen LogP contribution in [0.3, 0.4) is 0 Å². The molecule has 2 aromatic carbocycles. The molecule has 4 aromatic rings. The smallest absolute Gasteiger partial charge is 0.308 e. The van der Waals surface area contributed by atoms with Crippen molar-refractivity contribution in [1.29, 1.82) is 0 Å². The highest BCUT2D eigenvalue weighted by Gasteiger charge is 2.36. The van der Waals surface area contributed by atoms with Crippen molar-refractivity contribution in [2.75, 3.05) is 6.61 Å². The van der Waals surface area contributed by atoms with Gasteiger partial charge >= 0.3 is 5.97 Å². The van der Waals surface area contributed by atoms with Crippen molar-refractivity contribution < 1.29 is 14.6 Å². The molecule has 0 amide bonds. The average molecular weight is 501 g/mol. The zero-order chi connectivity index (χ0) is 25.6. The van der Waals surface area contributed by atoms with Gasteiger partial charge in [0.25, 0.3) is 0 Å². The molecular weight excluding hydrogens is 472 g/mol. The lowest BCUT2D eigenvalue weighted by molar-refractivity contribution is -0.141. The van der Waals surface area contributed by atoms with Gasteiger partial charge in [-0.2, -0.15) is 0 Å². The van der Waals surface area contributed by atoms with E-state index in [1.165, 1.54) is 4.88 Å². The third-order valence-electron chi connectivity index (χ3n) is 6.69. The lowest BCUT2D eigenvalue weighted by atomic mass is 9.96. The van der Waals surface area contributed by atoms with E-state index in [4.69, 9.17) is 9.73 Å². The van der Waals surface area contributed by atoms with E-state index >= 15 is 0 Å². The number of aryl methyl sites for hydroxylation is 2. The summed E-state index contributed by atoms with van der Waals surface area (Å²) in [4.78, 5) is 18.3. The van der Waals surface area contributed by atoms with Crippen molar-refractivity contribution in [3.8, 4) is 21.9 Å². The fourth-order valence-corrected chi connectivity index (χ4v) is 5.78. The van der Waals surface area contributed by atoms with Crippen molar-refractivity contribution in [2.24, 2.45) is 10.9 Å². The number of nitrogens with zero attached hydrogens (tertiary/aromatic N) is 4. The van der Waals surface area contributed by atoms with Crippen LogP contribution < -0.4 is 4.74 Å². The summed E-state index contributed by atoms with van der Waals surface area (Å²) in [5.41, 5.74) is 5.98. The number of carboxylic acids is 1. The van der Waals surface area contributed by atoms with Crippen molar-refractivity contribution in [2.45, 2.75) is 40.7 Å². The fourth-order valence-electron chi connectivity index (χ4n) is 4.57. The Kier molecular flexibility index (Phi) is 6.22. The van der Waals surface area contributed by atoms with Crippen molar-refractivity contribution in [3.05, 3.63) is 81.7 Å². The van der Waals surface area contributed by atoms with Crippen molar-refractivity contribution >= 4 is 23.0 Å². The number of aromatic nitrogens is 3. The molecule has 0 radical (unpaired) electrons. The summed E-state index contributed by atoms with van der Waals surface area (Å²) in [6, 6.07) is 15.6. The van der Waals surface area contributed by atoms with Crippen LogP contribution >= 0.6 is 11.3 Å². The SMILES string of the molecule is CCOc1cccc(-c2ccc(C3=N[C@@H](C(C)C(=O)O)c4nnc(C)n4-c4sc(C)c(C)c43)cc2)c1. The Labute approximate surface area is 214 Å². The van der Waals surface area contributed by atoms with Crippen LogP contribution in [0.15, 0.2) is 53.5 Å². The first-order valence-corrected chi connectivity index (χ1v) is 12.8. The van der Waals surface area contributed by atoms with Crippen LogP contribution in [0.5, 0.6) is 5.75 Å². The standard InChI is InChI=1S/C28H28N4O3S/c1-6-35-22-9-7-8-21(14-22)19-10-12-20(13-11-19)25-23-15(2)17(4)36-27(23)32-18(5)30-31-26(32)24(29-25)16(3)28(33)34/h7-14,16,24H,6H2,1-5H3,(H,33,34)/t16?,24-/m0/s1. The second kappa shape index (κ2) is 9.35. The molecule has 0 saturated carbocycles. The van der Waals surface area contributed by atoms with Gasteiger partial charge in [0.05, 0.1) is 18.2 Å². The van der Waals surface area contributed by atoms with Gasteiger partial charge in [-0.1, -0.05) is 36.4 Å². The molecule has 1 N–H and O–H groups in total. The first kappa shape index (κ1) is 23.9. The number of ether oxygens (including phenoxy) is 1. The molecule has 1 unspecified atom stereocenters. The van der Waals surface area contributed by atoms with E-state index < -0.39 is 17.9 Å². The van der Waals surface area contributed by atoms with Crippen molar-refractivity contribution in [3.63, 3.8) is 0 Å². The van der Waals surface area contributed by atoms with E-state index in [0.717, 1.165) is 50.1 Å². The number of aliphatic imine (C=N–C) groups is 1. The van der Waals surface area contributed by atoms with Crippen LogP contribution in [0.2, 0.25) is 0 Å². The molecule has 7 nitrogen and oxygen atoms in total. The van der Waals surface area contributed by atoms with Gasteiger partial charge in [-0.05, 0) is 63.4 Å². The molecule has 0 spiro atoms. The Morgan fingerprint density at radius 1 is 1.08 bits per heavy atom. The summed E-state index contributed by atoms with van der Waals surface area (Å²) in [6.07, 6.45) is 0. The second-order valence-corrected chi connectivity index (χ2v) is 10.2. The molecule has 0 saturated heterocycles. The van der Waals surface area contributed by atoms with Crippen LogP contribution in [0, 0.1) is 26.7 Å². The predicted molar refractivity (Wildman–Crippen MR) is 142 cm³/mol. The normalized spacial score (nSPS) is 15.5. The van der Waals surface area contributed by atoms with Gasteiger partial charge in [0.2, 0.25) is 0 Å². The summed E-state index contributed by atoms with van der Waals surface area (Å²) in [5, 5.41) is 19.5. The minimum absolute atomic E-state index is 0.559. The van der Waals surface area contributed by atoms with Gasteiger partial charge < -0.3 is 9.84 Å². The Balaban J connectivity index is 1.66. The van der Waals surface area contributed by atoms with E-state index in [1.54, 1.807) is 18.3 Å². The maximum atomic E-state index is 12.0. The summed E-state index contributed by atoms with van der Waals surface area (Å²) in [7, 11) is 0. The number of benzene rings is 2. The highest BCUT2D eigenvalue weighted by molar-refractivity contribution is 7.15. The highest BCUT2D eigenvalue weighted by atomic mass is 32.1. The largest absolute Gasteiger partial charge is 0.494 e. The fraction of sp³-hybridized carbons (Fsp3) is 0.286. The first-order valence-electron chi connectivity index (χ1n) is 12.0. The zero-order valence-electron chi connectivity index (χ0n) is 20.9. The van der Waals surface area contributed by atoms with Gasteiger partial charge in [-0.3, -0.25) is 14.4 Å². The first-order chi connectivity index (χ1) is 17.3. The van der Waals surface area contributed by atoms with Gasteiger partial charge in [-0.15, -0.1) is 21.5 Å². The van der Waals surface area contributed by atoms with E-state index in [2.05, 4.69) is 54.4 Å². The number of fused-ring (bicyclic) bond motifs is 3. The zero-order valence-corrected chi connectivity index (χ0v) is 21.8. The summed E-state index contributed by atoms with van der Waals surface area (Å²) >= 11 is 1.66. The van der Waals surface area contributed by atoms with E-state index in [0.29, 0.717) is 12.4 Å². The predicted octanol–water partition coefficient (Wildman–Crippen LogP) is 5.93. The van der Waals surface area contributed by atoms with E-state index in [1.807, 2.05) is 36.6 Å². The molecule has 36 heavy (non-hydrogen) atoms. The molecule has 2 aromatic heterocycles. The number of thiophene rings is 1. The monoisotopic (exact) mass is 500 g/mol. The number of aliphatic carboxylic acids is 1. The Bertz CT molecular complexity index is 1480. The topological polar surface area (TPSA) is 89.6 Å². The number of hydrogen-bond acceptors (Lipinski definition) is 6. The summed E-state index contributed by atoms with van der Waals surface area (Å²) in [6.45, 7) is 10.3. The van der Waals surface area contributed by atoms with E-state index in [-0.39, 0.29) is 0 Å². The molecule has 3 heterocycles. The number of hydrogen-bond donors (Lipinski definition) is 1. The third-order valence-corrected chi connectivity index (χ3v) is 7.88. The lowest BCUT2D eigenvalue weighted by Crippen LogP contribution is -2.21. The van der Waals surface area contributed by atoms with Crippen LogP contribution in [-0.4, -0.2) is 38.2 Å². The molecule has 0 bridgehead atoms. The molecule has 184 valence electrons. The molecule has 2 atom stereocenters. The number of rotatable bonds is 6. The maximum Gasteiger partial charge on any atom is 0.308 e. The Hall–Kier alpha value is -3.78. The maximum absolute atomic E-state index is 12.0. The van der Waals surface area contributed by atoms with Gasteiger partial charge in [0.15, 0.2) is 5.82 Å². The molecule has 5 rings (SSSR count). The van der Waals surface area contributed by atoms with E-state index in [9.17, 15) is 9.90 Å². The van der Waals surface area contributed by atoms with Crippen LogP contribution in [0.25, 0.3) is 16.1 Å². The van der Waals surface area contributed by atoms with Gasteiger partial charge in [0, 0.05) is 16.0 Å². The molecular formula is C28H28N4O3S.